The number of aromatic nitrogens is 3. The molecular weight excluding hydrogens is 364 g/mol. The number of rotatable bonds is 6. The number of pyridine rings is 1. The zero-order valence-electron chi connectivity index (χ0n) is 17.4. The first-order valence-corrected chi connectivity index (χ1v) is 10.9. The minimum Gasteiger partial charge on any atom is -0.336 e. The number of aryl methyl sites for hydroxylation is 1. The number of nitrogens with one attached hydrogen (secondary N) is 1. The first-order valence-electron chi connectivity index (χ1n) is 10.9. The van der Waals surface area contributed by atoms with Crippen LogP contribution in [0.3, 0.4) is 0 Å². The number of H-pyrrole nitrogens is 1. The zero-order valence-corrected chi connectivity index (χ0v) is 17.4. The van der Waals surface area contributed by atoms with Crippen molar-refractivity contribution in [1.29, 1.82) is 0 Å². The lowest BCUT2D eigenvalue weighted by atomic mass is 9.83. The van der Waals surface area contributed by atoms with Gasteiger partial charge in [-0.05, 0) is 63.5 Å². The van der Waals surface area contributed by atoms with E-state index in [0.717, 1.165) is 37.2 Å². The van der Waals surface area contributed by atoms with E-state index < -0.39 is 0 Å². The van der Waals surface area contributed by atoms with E-state index in [1.165, 1.54) is 19.3 Å². The highest BCUT2D eigenvalue weighted by Crippen LogP contribution is 2.36. The Morgan fingerprint density at radius 2 is 1.86 bits per heavy atom. The standard InChI is InChI=1S/C23H30N4O2/c1-3-16-6-8-18(9-7-16)27(19-10-11-19)21(28)13-20-15(2)25-22(26-23(20)29)17-5-4-12-24-14-17/h4-5,12,14,16,18-19H,3,6-11,13H2,1-2H3,(H,25,26,29). The monoisotopic (exact) mass is 394 g/mol. The largest absolute Gasteiger partial charge is 0.336 e. The molecule has 6 nitrogen and oxygen atoms in total. The SMILES string of the molecule is CCC1CCC(N(C(=O)Cc2c(C)nc(-c3cccnc3)[nH]c2=O)C2CC2)CC1. The van der Waals surface area contributed by atoms with Crippen molar-refractivity contribution in [2.45, 2.75) is 77.3 Å². The third-order valence-corrected chi connectivity index (χ3v) is 6.50. The number of hydrogen-bond acceptors (Lipinski definition) is 4. The van der Waals surface area contributed by atoms with Crippen molar-refractivity contribution in [3.63, 3.8) is 0 Å². The molecule has 0 atom stereocenters. The normalized spacial score (nSPS) is 21.7. The van der Waals surface area contributed by atoms with E-state index in [4.69, 9.17) is 0 Å². The molecule has 0 spiro atoms. The molecule has 2 aromatic rings. The minimum atomic E-state index is -0.227. The topological polar surface area (TPSA) is 79.0 Å². The summed E-state index contributed by atoms with van der Waals surface area (Å²) in [5.41, 5.74) is 1.63. The van der Waals surface area contributed by atoms with Gasteiger partial charge < -0.3 is 9.88 Å². The van der Waals surface area contributed by atoms with Gasteiger partial charge in [0.2, 0.25) is 5.91 Å². The van der Waals surface area contributed by atoms with Crippen LogP contribution in [0.4, 0.5) is 0 Å². The molecule has 2 aliphatic carbocycles. The van der Waals surface area contributed by atoms with Crippen LogP contribution in [0.1, 0.15) is 63.1 Å². The molecule has 2 fully saturated rings. The second kappa shape index (κ2) is 8.47. The summed E-state index contributed by atoms with van der Waals surface area (Å²) in [4.78, 5) is 39.6. The van der Waals surface area contributed by atoms with Crippen molar-refractivity contribution in [3.05, 3.63) is 46.1 Å². The molecule has 0 aliphatic heterocycles. The van der Waals surface area contributed by atoms with Crippen LogP contribution in [0.5, 0.6) is 0 Å². The third-order valence-electron chi connectivity index (χ3n) is 6.50. The summed E-state index contributed by atoms with van der Waals surface area (Å²) in [5.74, 6) is 1.38. The second-order valence-electron chi connectivity index (χ2n) is 8.51. The molecule has 0 bridgehead atoms. The number of carbonyl (C=O) groups excluding carboxylic acids is 1. The van der Waals surface area contributed by atoms with E-state index in [1.807, 2.05) is 19.1 Å². The minimum absolute atomic E-state index is 0.0805. The molecular formula is C23H30N4O2. The lowest BCUT2D eigenvalue weighted by molar-refractivity contribution is -0.134. The molecule has 0 saturated heterocycles. The summed E-state index contributed by atoms with van der Waals surface area (Å²) in [7, 11) is 0. The summed E-state index contributed by atoms with van der Waals surface area (Å²) in [5, 5.41) is 0. The molecule has 0 aromatic carbocycles. The van der Waals surface area contributed by atoms with Gasteiger partial charge >= 0.3 is 0 Å². The van der Waals surface area contributed by atoms with Crippen LogP contribution in [0.2, 0.25) is 0 Å². The Morgan fingerprint density at radius 3 is 2.41 bits per heavy atom. The fourth-order valence-corrected chi connectivity index (χ4v) is 4.59. The number of aromatic amines is 1. The summed E-state index contributed by atoms with van der Waals surface area (Å²) in [6.45, 7) is 4.07. The first kappa shape index (κ1) is 19.8. The van der Waals surface area contributed by atoms with Crippen molar-refractivity contribution < 1.29 is 4.79 Å². The quantitative estimate of drug-likeness (QED) is 0.811. The summed E-state index contributed by atoms with van der Waals surface area (Å²) in [6, 6.07) is 4.37. The molecule has 0 unspecified atom stereocenters. The van der Waals surface area contributed by atoms with Crippen molar-refractivity contribution >= 4 is 5.91 Å². The number of carbonyl (C=O) groups is 1. The molecule has 29 heavy (non-hydrogen) atoms. The Morgan fingerprint density at radius 1 is 1.17 bits per heavy atom. The van der Waals surface area contributed by atoms with E-state index in [1.54, 1.807) is 12.4 Å². The number of hydrogen-bond donors (Lipinski definition) is 1. The average Bonchev–Trinajstić information content (AvgIpc) is 3.57. The van der Waals surface area contributed by atoms with E-state index in [9.17, 15) is 9.59 Å². The molecule has 1 amide bonds. The van der Waals surface area contributed by atoms with E-state index in [0.29, 0.717) is 29.2 Å². The van der Waals surface area contributed by atoms with Crippen molar-refractivity contribution in [3.8, 4) is 11.4 Å². The van der Waals surface area contributed by atoms with Crippen LogP contribution in [-0.2, 0) is 11.2 Å². The Labute approximate surface area is 171 Å². The first-order chi connectivity index (χ1) is 14.1. The third kappa shape index (κ3) is 4.41. The fourth-order valence-electron chi connectivity index (χ4n) is 4.59. The van der Waals surface area contributed by atoms with Crippen LogP contribution in [-0.4, -0.2) is 37.8 Å². The Kier molecular flexibility index (Phi) is 5.79. The van der Waals surface area contributed by atoms with Crippen molar-refractivity contribution in [1.82, 2.24) is 19.9 Å². The molecule has 2 aliphatic rings. The molecule has 2 saturated carbocycles. The van der Waals surface area contributed by atoms with Crippen molar-refractivity contribution in [2.24, 2.45) is 5.92 Å². The number of amides is 1. The zero-order chi connectivity index (χ0) is 20.4. The Hall–Kier alpha value is -2.50. The highest BCUT2D eigenvalue weighted by molar-refractivity contribution is 5.80. The summed E-state index contributed by atoms with van der Waals surface area (Å²) >= 11 is 0. The Bertz CT molecular complexity index is 912. The number of nitrogens with zero attached hydrogens (tertiary/aromatic N) is 3. The Balaban J connectivity index is 1.52. The van der Waals surface area contributed by atoms with Crippen LogP contribution < -0.4 is 5.56 Å². The van der Waals surface area contributed by atoms with Crippen LogP contribution in [0, 0.1) is 12.8 Å². The van der Waals surface area contributed by atoms with E-state index in [2.05, 4.69) is 26.8 Å². The van der Waals surface area contributed by atoms with Gasteiger partial charge in [0.15, 0.2) is 0 Å². The smallest absolute Gasteiger partial charge is 0.255 e. The van der Waals surface area contributed by atoms with Gasteiger partial charge in [0.05, 0.1) is 6.42 Å². The van der Waals surface area contributed by atoms with Crippen LogP contribution >= 0.6 is 0 Å². The summed E-state index contributed by atoms with van der Waals surface area (Å²) in [6.07, 6.45) is 11.5. The molecule has 2 aromatic heterocycles. The highest BCUT2D eigenvalue weighted by atomic mass is 16.2. The van der Waals surface area contributed by atoms with Gasteiger partial charge in [0.25, 0.3) is 5.56 Å². The maximum absolute atomic E-state index is 13.2. The van der Waals surface area contributed by atoms with Crippen LogP contribution in [0.25, 0.3) is 11.4 Å². The van der Waals surface area contributed by atoms with Gasteiger partial charge in [-0.1, -0.05) is 13.3 Å². The van der Waals surface area contributed by atoms with Gasteiger partial charge in [0.1, 0.15) is 5.82 Å². The molecule has 4 rings (SSSR count). The van der Waals surface area contributed by atoms with Gasteiger partial charge in [-0.3, -0.25) is 14.6 Å². The van der Waals surface area contributed by atoms with Gasteiger partial charge in [-0.15, -0.1) is 0 Å². The molecule has 2 heterocycles. The maximum atomic E-state index is 13.2. The molecule has 1 N–H and O–H groups in total. The maximum Gasteiger partial charge on any atom is 0.255 e. The average molecular weight is 395 g/mol. The van der Waals surface area contributed by atoms with Gasteiger partial charge in [0, 0.05) is 41.3 Å². The van der Waals surface area contributed by atoms with Gasteiger partial charge in [-0.2, -0.15) is 0 Å². The predicted molar refractivity (Wildman–Crippen MR) is 112 cm³/mol. The molecule has 0 radical (unpaired) electrons. The van der Waals surface area contributed by atoms with Gasteiger partial charge in [-0.25, -0.2) is 4.98 Å². The van der Waals surface area contributed by atoms with Crippen molar-refractivity contribution in [2.75, 3.05) is 0 Å². The van der Waals surface area contributed by atoms with E-state index in [-0.39, 0.29) is 17.9 Å². The second-order valence-corrected chi connectivity index (χ2v) is 8.51. The van der Waals surface area contributed by atoms with Crippen LogP contribution in [0.15, 0.2) is 29.3 Å². The van der Waals surface area contributed by atoms with E-state index >= 15 is 0 Å². The molecule has 154 valence electrons. The fraction of sp³-hybridized carbons (Fsp3) is 0.565. The molecule has 6 heteroatoms. The summed E-state index contributed by atoms with van der Waals surface area (Å²) < 4.78 is 0. The highest BCUT2D eigenvalue weighted by Gasteiger charge is 2.38. The predicted octanol–water partition coefficient (Wildman–Crippen LogP) is 3.64. The lowest BCUT2D eigenvalue weighted by Crippen LogP contribution is -2.45. The lowest BCUT2D eigenvalue weighted by Gasteiger charge is -2.37.